The number of ether oxygens (including phenoxy) is 1. The molecule has 18 heavy (non-hydrogen) atoms. The fraction of sp³-hybridized carbons (Fsp3) is 0.571. The van der Waals surface area contributed by atoms with Crippen LogP contribution in [0.3, 0.4) is 0 Å². The summed E-state index contributed by atoms with van der Waals surface area (Å²) < 4.78 is 28.9. The summed E-state index contributed by atoms with van der Waals surface area (Å²) in [6, 6.07) is 5.55. The standard InChI is InChI=1S/C14H19F2NO/c1-3-6-17-13-7-9(2)11-5-4-10(8-12(11)13)18-14(15)16/h4-5,8-9,13-14,17H,3,6-7H2,1-2H3. The molecule has 0 aliphatic heterocycles. The van der Waals surface area contributed by atoms with Crippen LogP contribution in [-0.2, 0) is 0 Å². The van der Waals surface area contributed by atoms with Crippen molar-refractivity contribution in [2.75, 3.05) is 6.54 Å². The van der Waals surface area contributed by atoms with E-state index in [1.807, 2.05) is 6.07 Å². The van der Waals surface area contributed by atoms with Gasteiger partial charge in [0.15, 0.2) is 0 Å². The number of rotatable bonds is 5. The first kappa shape index (κ1) is 13.3. The molecule has 0 spiro atoms. The molecule has 0 radical (unpaired) electrons. The summed E-state index contributed by atoms with van der Waals surface area (Å²) in [7, 11) is 0. The van der Waals surface area contributed by atoms with Crippen molar-refractivity contribution in [1.29, 1.82) is 0 Å². The molecule has 1 aliphatic carbocycles. The van der Waals surface area contributed by atoms with E-state index in [2.05, 4.69) is 23.9 Å². The highest BCUT2D eigenvalue weighted by Gasteiger charge is 2.28. The number of alkyl halides is 2. The Morgan fingerprint density at radius 3 is 2.83 bits per heavy atom. The van der Waals surface area contributed by atoms with Gasteiger partial charge >= 0.3 is 6.61 Å². The Labute approximate surface area is 106 Å². The van der Waals surface area contributed by atoms with Crippen molar-refractivity contribution in [2.24, 2.45) is 0 Å². The Bertz CT molecular complexity index is 409. The molecule has 2 atom stereocenters. The number of halogens is 2. The van der Waals surface area contributed by atoms with Crippen LogP contribution in [0.2, 0.25) is 0 Å². The highest BCUT2D eigenvalue weighted by Crippen LogP contribution is 2.41. The molecule has 1 aliphatic rings. The van der Waals surface area contributed by atoms with Crippen molar-refractivity contribution in [3.8, 4) is 5.75 Å². The van der Waals surface area contributed by atoms with E-state index in [-0.39, 0.29) is 11.8 Å². The molecular weight excluding hydrogens is 236 g/mol. The number of nitrogens with one attached hydrogen (secondary N) is 1. The largest absolute Gasteiger partial charge is 0.435 e. The minimum atomic E-state index is -2.76. The van der Waals surface area contributed by atoms with Crippen LogP contribution in [0.25, 0.3) is 0 Å². The number of hydrogen-bond donors (Lipinski definition) is 1. The van der Waals surface area contributed by atoms with Crippen molar-refractivity contribution in [1.82, 2.24) is 5.32 Å². The van der Waals surface area contributed by atoms with Crippen molar-refractivity contribution < 1.29 is 13.5 Å². The van der Waals surface area contributed by atoms with Crippen LogP contribution in [0.1, 0.15) is 49.8 Å². The summed E-state index contributed by atoms with van der Waals surface area (Å²) in [5.41, 5.74) is 2.35. The molecule has 1 aromatic rings. The Hall–Kier alpha value is -1.16. The molecular formula is C14H19F2NO. The fourth-order valence-corrected chi connectivity index (χ4v) is 2.60. The summed E-state index contributed by atoms with van der Waals surface area (Å²) >= 11 is 0. The van der Waals surface area contributed by atoms with E-state index in [0.717, 1.165) is 24.9 Å². The topological polar surface area (TPSA) is 21.3 Å². The van der Waals surface area contributed by atoms with Crippen LogP contribution in [0.4, 0.5) is 8.78 Å². The fourth-order valence-electron chi connectivity index (χ4n) is 2.60. The molecule has 2 nitrogen and oxygen atoms in total. The van der Waals surface area contributed by atoms with Crippen molar-refractivity contribution >= 4 is 0 Å². The highest BCUT2D eigenvalue weighted by atomic mass is 19.3. The summed E-state index contributed by atoms with van der Waals surface area (Å²) in [4.78, 5) is 0. The third-order valence-corrected chi connectivity index (χ3v) is 3.42. The Morgan fingerprint density at radius 1 is 1.39 bits per heavy atom. The molecule has 2 rings (SSSR count). The predicted octanol–water partition coefficient (Wildman–Crippen LogP) is 3.84. The first-order valence-electron chi connectivity index (χ1n) is 6.43. The summed E-state index contributed by atoms with van der Waals surface area (Å²) in [5, 5.41) is 3.46. The second kappa shape index (κ2) is 5.65. The molecule has 0 amide bonds. The molecule has 0 fully saturated rings. The van der Waals surface area contributed by atoms with E-state index >= 15 is 0 Å². The van der Waals surface area contributed by atoms with Crippen molar-refractivity contribution in [2.45, 2.75) is 45.3 Å². The Kier molecular flexibility index (Phi) is 4.17. The van der Waals surface area contributed by atoms with Gasteiger partial charge in [0.05, 0.1) is 0 Å². The van der Waals surface area contributed by atoms with Gasteiger partial charge in [0.25, 0.3) is 0 Å². The molecule has 2 unspecified atom stereocenters. The van der Waals surface area contributed by atoms with Gasteiger partial charge in [-0.1, -0.05) is 19.9 Å². The van der Waals surface area contributed by atoms with E-state index in [0.29, 0.717) is 5.92 Å². The average Bonchev–Trinajstić information content (AvgIpc) is 2.62. The third-order valence-electron chi connectivity index (χ3n) is 3.42. The third kappa shape index (κ3) is 2.80. The zero-order valence-corrected chi connectivity index (χ0v) is 10.7. The molecule has 0 bridgehead atoms. The van der Waals surface area contributed by atoms with Crippen molar-refractivity contribution in [3.63, 3.8) is 0 Å². The maximum Gasteiger partial charge on any atom is 0.387 e. The summed E-state index contributed by atoms with van der Waals surface area (Å²) in [6.45, 7) is 2.46. The molecule has 1 N–H and O–H groups in total. The highest BCUT2D eigenvalue weighted by molar-refractivity contribution is 5.43. The molecule has 0 heterocycles. The smallest absolute Gasteiger partial charge is 0.387 e. The molecule has 1 aromatic carbocycles. The molecule has 4 heteroatoms. The minimum absolute atomic E-state index is 0.251. The maximum atomic E-state index is 12.2. The van der Waals surface area contributed by atoms with E-state index in [1.54, 1.807) is 12.1 Å². The first-order chi connectivity index (χ1) is 8.61. The lowest BCUT2D eigenvalue weighted by Crippen LogP contribution is -2.20. The Balaban J connectivity index is 2.20. The summed E-state index contributed by atoms with van der Waals surface area (Å²) in [5.74, 6) is 0.719. The lowest BCUT2D eigenvalue weighted by Gasteiger charge is -2.14. The second-order valence-electron chi connectivity index (χ2n) is 4.81. The van der Waals surface area contributed by atoms with Crippen LogP contribution in [0.15, 0.2) is 18.2 Å². The molecule has 0 saturated heterocycles. The van der Waals surface area contributed by atoms with Crippen LogP contribution < -0.4 is 10.1 Å². The molecule has 0 aromatic heterocycles. The van der Waals surface area contributed by atoms with Crippen LogP contribution >= 0.6 is 0 Å². The number of benzene rings is 1. The van der Waals surface area contributed by atoms with E-state index < -0.39 is 6.61 Å². The second-order valence-corrected chi connectivity index (χ2v) is 4.81. The SMILES string of the molecule is CCCNC1CC(C)c2ccc(OC(F)F)cc21. The van der Waals surface area contributed by atoms with Gasteiger partial charge in [0, 0.05) is 6.04 Å². The zero-order valence-electron chi connectivity index (χ0n) is 10.7. The van der Waals surface area contributed by atoms with Gasteiger partial charge in [0.1, 0.15) is 5.75 Å². The number of fused-ring (bicyclic) bond motifs is 1. The van der Waals surface area contributed by atoms with Gasteiger partial charge in [-0.05, 0) is 48.6 Å². The lowest BCUT2D eigenvalue weighted by molar-refractivity contribution is -0.0499. The molecule has 100 valence electrons. The zero-order chi connectivity index (χ0) is 13.1. The van der Waals surface area contributed by atoms with Crippen LogP contribution in [0.5, 0.6) is 5.75 Å². The average molecular weight is 255 g/mol. The Morgan fingerprint density at radius 2 is 2.17 bits per heavy atom. The normalized spacial score (nSPS) is 22.3. The van der Waals surface area contributed by atoms with Gasteiger partial charge in [-0.3, -0.25) is 0 Å². The minimum Gasteiger partial charge on any atom is -0.435 e. The summed E-state index contributed by atoms with van der Waals surface area (Å²) in [6.07, 6.45) is 2.08. The van der Waals surface area contributed by atoms with Gasteiger partial charge < -0.3 is 10.1 Å². The van der Waals surface area contributed by atoms with Crippen LogP contribution in [-0.4, -0.2) is 13.2 Å². The van der Waals surface area contributed by atoms with E-state index in [4.69, 9.17) is 0 Å². The quantitative estimate of drug-likeness (QED) is 0.863. The van der Waals surface area contributed by atoms with E-state index in [9.17, 15) is 8.78 Å². The van der Waals surface area contributed by atoms with Gasteiger partial charge in [-0.2, -0.15) is 8.78 Å². The maximum absolute atomic E-state index is 12.2. The van der Waals surface area contributed by atoms with Crippen molar-refractivity contribution in [3.05, 3.63) is 29.3 Å². The first-order valence-corrected chi connectivity index (χ1v) is 6.43. The van der Waals surface area contributed by atoms with Gasteiger partial charge in [0.2, 0.25) is 0 Å². The lowest BCUT2D eigenvalue weighted by atomic mass is 10.0. The van der Waals surface area contributed by atoms with Gasteiger partial charge in [-0.15, -0.1) is 0 Å². The predicted molar refractivity (Wildman–Crippen MR) is 67.1 cm³/mol. The molecule has 0 saturated carbocycles. The monoisotopic (exact) mass is 255 g/mol. The number of hydrogen-bond acceptors (Lipinski definition) is 2. The van der Waals surface area contributed by atoms with E-state index in [1.165, 1.54) is 5.56 Å². The van der Waals surface area contributed by atoms with Crippen LogP contribution in [0, 0.1) is 0 Å². The van der Waals surface area contributed by atoms with Gasteiger partial charge in [-0.25, -0.2) is 0 Å².